The van der Waals surface area contributed by atoms with Crippen LogP contribution in [0.1, 0.15) is 12.5 Å². The van der Waals surface area contributed by atoms with E-state index in [-0.39, 0.29) is 0 Å². The first-order chi connectivity index (χ1) is 5.83. The van der Waals surface area contributed by atoms with Gasteiger partial charge in [0.2, 0.25) is 0 Å². The number of hydrogen-bond acceptors (Lipinski definition) is 2. The molecule has 62 valence electrons. The minimum absolute atomic E-state index is 0.653. The Balaban J connectivity index is 2.54. The van der Waals surface area contributed by atoms with E-state index in [9.17, 15) is 0 Å². The summed E-state index contributed by atoms with van der Waals surface area (Å²) in [5.41, 5.74) is 1.03. The van der Waals surface area contributed by atoms with E-state index in [0.29, 0.717) is 11.2 Å². The summed E-state index contributed by atoms with van der Waals surface area (Å²) in [6.07, 6.45) is 0. The summed E-state index contributed by atoms with van der Waals surface area (Å²) in [4.78, 5) is 0. The first-order valence-electron chi connectivity index (χ1n) is 3.54. The van der Waals surface area contributed by atoms with E-state index in [0.717, 1.165) is 5.56 Å². The molecular weight excluding hydrogens is 208 g/mol. The van der Waals surface area contributed by atoms with Gasteiger partial charge in [0.25, 0.3) is 0 Å². The summed E-state index contributed by atoms with van der Waals surface area (Å²) < 4.78 is 5.79. The van der Waals surface area contributed by atoms with E-state index >= 15 is 0 Å². The maximum absolute atomic E-state index is 5.13. The first-order valence-corrected chi connectivity index (χ1v) is 5.12. The van der Waals surface area contributed by atoms with Crippen LogP contribution in [-0.2, 0) is 20.6 Å². The van der Waals surface area contributed by atoms with E-state index in [2.05, 4.69) is 27.7 Å². The average molecular weight is 216 g/mol. The fourth-order valence-corrected chi connectivity index (χ4v) is 1.48. The Morgan fingerprint density at radius 3 is 3.17 bits per heavy atom. The Hall–Kier alpha value is -0.378. The molecular formula is C9H8CrOS. The van der Waals surface area contributed by atoms with Crippen molar-refractivity contribution in [2.45, 2.75) is 6.92 Å². The van der Waals surface area contributed by atoms with Gasteiger partial charge in [-0.1, -0.05) is 0 Å². The van der Waals surface area contributed by atoms with Gasteiger partial charge in [0.1, 0.15) is 0 Å². The molecule has 0 aliphatic heterocycles. The van der Waals surface area contributed by atoms with Gasteiger partial charge in [-0.2, -0.15) is 0 Å². The van der Waals surface area contributed by atoms with Crippen molar-refractivity contribution in [1.29, 1.82) is 0 Å². The van der Waals surface area contributed by atoms with Crippen LogP contribution in [0, 0.1) is 11.8 Å². The standard InChI is InChI=1S/C9H8OS.Cr/c1-2-10-6-3-4-9-5-7-11-8-9;/h5,7-8H,2H2,1H3;. The van der Waals surface area contributed by atoms with Gasteiger partial charge in [-0.15, -0.1) is 0 Å². The predicted octanol–water partition coefficient (Wildman–Crippen LogP) is 1.81. The molecule has 1 heterocycles. The zero-order valence-electron chi connectivity index (χ0n) is 6.66. The molecule has 0 bridgehead atoms. The third kappa shape index (κ3) is 3.35. The molecule has 0 radical (unpaired) electrons. The van der Waals surface area contributed by atoms with Crippen molar-refractivity contribution < 1.29 is 20.6 Å². The van der Waals surface area contributed by atoms with Crippen LogP contribution in [0.25, 0.3) is 0 Å². The molecule has 0 spiro atoms. The van der Waals surface area contributed by atoms with Gasteiger partial charge in [0.15, 0.2) is 0 Å². The summed E-state index contributed by atoms with van der Waals surface area (Å²) >= 11 is 4.41. The van der Waals surface area contributed by atoms with Crippen molar-refractivity contribution in [3.63, 3.8) is 0 Å². The van der Waals surface area contributed by atoms with Crippen LogP contribution in [0.15, 0.2) is 16.8 Å². The number of thiophene rings is 1. The molecule has 0 aliphatic rings. The van der Waals surface area contributed by atoms with Gasteiger partial charge >= 0.3 is 84.3 Å². The molecule has 3 heteroatoms. The monoisotopic (exact) mass is 216 g/mol. The normalized spacial score (nSPS) is 8.75. The van der Waals surface area contributed by atoms with Crippen LogP contribution in [0.3, 0.4) is 0 Å². The van der Waals surface area contributed by atoms with E-state index in [1.807, 2.05) is 23.8 Å². The maximum atomic E-state index is 5.13. The zero-order chi connectivity index (χ0) is 8.81. The molecule has 0 saturated carbocycles. The molecule has 1 nitrogen and oxygen atoms in total. The summed E-state index contributed by atoms with van der Waals surface area (Å²) in [5, 5.41) is 4.01. The van der Waals surface area contributed by atoms with Crippen LogP contribution in [-0.4, -0.2) is 11.2 Å². The molecule has 0 saturated heterocycles. The van der Waals surface area contributed by atoms with E-state index < -0.39 is 0 Å². The topological polar surface area (TPSA) is 9.23 Å². The van der Waals surface area contributed by atoms with Gasteiger partial charge in [0, 0.05) is 0 Å². The van der Waals surface area contributed by atoms with Crippen molar-refractivity contribution in [1.82, 2.24) is 0 Å². The Bertz CT molecular complexity index is 305. The van der Waals surface area contributed by atoms with Crippen molar-refractivity contribution in [2.75, 3.05) is 6.61 Å². The third-order valence-corrected chi connectivity index (χ3v) is 2.13. The summed E-state index contributed by atoms with van der Waals surface area (Å²) in [6.45, 7) is 2.59. The summed E-state index contributed by atoms with van der Waals surface area (Å²) in [7, 11) is 0. The molecule has 1 aromatic heterocycles. The minimum atomic E-state index is 0.653. The molecule has 0 aromatic carbocycles. The van der Waals surface area contributed by atoms with Gasteiger partial charge in [-0.25, -0.2) is 0 Å². The molecule has 12 heavy (non-hydrogen) atoms. The van der Waals surface area contributed by atoms with Crippen molar-refractivity contribution in [2.24, 2.45) is 0 Å². The Labute approximate surface area is 84.3 Å². The van der Waals surface area contributed by atoms with Gasteiger partial charge in [-0.05, 0) is 0 Å². The van der Waals surface area contributed by atoms with Crippen LogP contribution in [0.5, 0.6) is 0 Å². The zero-order valence-corrected chi connectivity index (χ0v) is 8.76. The second-order valence-electron chi connectivity index (χ2n) is 1.98. The molecule has 0 fully saturated rings. The van der Waals surface area contributed by atoms with Gasteiger partial charge in [0.05, 0.1) is 0 Å². The molecule has 1 aromatic rings. The van der Waals surface area contributed by atoms with Crippen molar-refractivity contribution in [3.05, 3.63) is 22.4 Å². The Kier molecular flexibility index (Phi) is 4.29. The van der Waals surface area contributed by atoms with E-state index in [1.165, 1.54) is 0 Å². The Morgan fingerprint density at radius 1 is 1.75 bits per heavy atom. The average Bonchev–Trinajstić information content (AvgIpc) is 2.53. The fourth-order valence-electron chi connectivity index (χ4n) is 0.626. The molecule has 0 amide bonds. The van der Waals surface area contributed by atoms with E-state index in [4.69, 9.17) is 4.74 Å². The van der Waals surface area contributed by atoms with Crippen LogP contribution in [0.2, 0.25) is 0 Å². The van der Waals surface area contributed by atoms with E-state index in [1.54, 1.807) is 11.3 Å². The molecule has 0 aliphatic carbocycles. The second kappa shape index (κ2) is 5.30. The van der Waals surface area contributed by atoms with Gasteiger partial charge < -0.3 is 0 Å². The first kappa shape index (κ1) is 9.71. The van der Waals surface area contributed by atoms with Crippen LogP contribution >= 0.6 is 11.3 Å². The molecule has 0 atom stereocenters. The quantitative estimate of drug-likeness (QED) is 0.685. The SMILES string of the molecule is CCO[C](=[Cr])C#Cc1ccsc1. The summed E-state index contributed by atoms with van der Waals surface area (Å²) in [6, 6.07) is 1.98. The Morgan fingerprint density at radius 2 is 2.58 bits per heavy atom. The summed E-state index contributed by atoms with van der Waals surface area (Å²) in [5.74, 6) is 5.86. The second-order valence-corrected chi connectivity index (χ2v) is 3.34. The molecule has 0 unspecified atom stereocenters. The fraction of sp³-hybridized carbons (Fsp3) is 0.222. The van der Waals surface area contributed by atoms with Crippen LogP contribution in [0.4, 0.5) is 0 Å². The van der Waals surface area contributed by atoms with Crippen molar-refractivity contribution in [3.8, 4) is 11.8 Å². The third-order valence-electron chi connectivity index (χ3n) is 1.11. The molecule has 0 N–H and O–H groups in total. The number of hydrogen-bond donors (Lipinski definition) is 0. The van der Waals surface area contributed by atoms with Gasteiger partial charge in [-0.3, -0.25) is 0 Å². The predicted molar refractivity (Wildman–Crippen MR) is 47.8 cm³/mol. The van der Waals surface area contributed by atoms with Crippen LogP contribution < -0.4 is 0 Å². The number of rotatable bonds is 2. The number of ether oxygens (including phenoxy) is 1. The van der Waals surface area contributed by atoms with Crippen molar-refractivity contribution >= 4 is 15.9 Å². The molecule has 1 rings (SSSR count).